The van der Waals surface area contributed by atoms with Gasteiger partial charge in [0.1, 0.15) is 0 Å². The molecule has 3 rings (SSSR count). The number of hydrogen-bond acceptors (Lipinski definition) is 2. The van der Waals surface area contributed by atoms with Gasteiger partial charge >= 0.3 is 0 Å². The highest BCUT2D eigenvalue weighted by Crippen LogP contribution is 2.32. The fourth-order valence-electron chi connectivity index (χ4n) is 2.41. The van der Waals surface area contributed by atoms with Crippen molar-refractivity contribution < 1.29 is 4.79 Å². The maximum atomic E-state index is 12.7. The molecule has 0 atom stereocenters. The van der Waals surface area contributed by atoms with Crippen molar-refractivity contribution in [1.82, 2.24) is 0 Å². The first-order valence-corrected chi connectivity index (χ1v) is 8.09. The predicted molar refractivity (Wildman–Crippen MR) is 93.1 cm³/mol. The maximum Gasteiger partial charge on any atom is 0.259 e. The third-order valence-corrected chi connectivity index (χ3v) is 4.77. The molecule has 0 aromatic heterocycles. The minimum Gasteiger partial charge on any atom is -0.399 e. The number of nitrogens with zero attached hydrogens (tertiary/aromatic N) is 1. The Kier molecular flexibility index (Phi) is 3.72. The Bertz CT molecular complexity index is 702. The lowest BCUT2D eigenvalue weighted by Gasteiger charge is -2.18. The van der Waals surface area contributed by atoms with Crippen LogP contribution in [0.15, 0.2) is 40.9 Å². The molecule has 5 heteroatoms. The molecule has 1 aliphatic heterocycles. The number of carbonyl (C=O) groups is 1. The van der Waals surface area contributed by atoms with Crippen molar-refractivity contribution in [2.24, 2.45) is 0 Å². The highest BCUT2D eigenvalue weighted by atomic mass is 127. The molecule has 1 aliphatic rings. The van der Waals surface area contributed by atoms with E-state index in [4.69, 9.17) is 5.73 Å². The van der Waals surface area contributed by atoms with Crippen LogP contribution in [0.4, 0.5) is 11.4 Å². The molecule has 0 radical (unpaired) electrons. The summed E-state index contributed by atoms with van der Waals surface area (Å²) < 4.78 is 1.86. The molecule has 2 N–H and O–H groups in total. The summed E-state index contributed by atoms with van der Waals surface area (Å²) in [5.41, 5.74) is 9.32. The number of hydrogen-bond donors (Lipinski definition) is 1. The molecule has 102 valence electrons. The number of nitrogens with two attached hydrogens (primary N) is 1. The summed E-state index contributed by atoms with van der Waals surface area (Å²) >= 11 is 5.67. The minimum atomic E-state index is 0.0136. The number of amides is 1. The Labute approximate surface area is 139 Å². The number of nitrogen functional groups attached to an aromatic ring is 1. The van der Waals surface area contributed by atoms with E-state index in [2.05, 4.69) is 38.5 Å². The third kappa shape index (κ3) is 2.44. The SMILES string of the molecule is Nc1ccc2c(c1)N(C(=O)c1cc(I)ccc1Br)CC2. The highest BCUT2D eigenvalue weighted by molar-refractivity contribution is 14.1. The van der Waals surface area contributed by atoms with Gasteiger partial charge in [0.25, 0.3) is 5.91 Å². The van der Waals surface area contributed by atoms with Crippen molar-refractivity contribution in [3.8, 4) is 0 Å². The van der Waals surface area contributed by atoms with Crippen molar-refractivity contribution in [2.75, 3.05) is 17.2 Å². The van der Waals surface area contributed by atoms with E-state index < -0.39 is 0 Å². The third-order valence-electron chi connectivity index (χ3n) is 3.41. The fraction of sp³-hybridized carbons (Fsp3) is 0.133. The maximum absolute atomic E-state index is 12.7. The van der Waals surface area contributed by atoms with Gasteiger partial charge in [-0.05, 0) is 80.8 Å². The molecule has 20 heavy (non-hydrogen) atoms. The number of halogens is 2. The van der Waals surface area contributed by atoms with Crippen LogP contribution >= 0.6 is 38.5 Å². The van der Waals surface area contributed by atoms with E-state index in [0.717, 1.165) is 20.2 Å². The van der Waals surface area contributed by atoms with Crippen LogP contribution in [0.2, 0.25) is 0 Å². The normalized spacial score (nSPS) is 13.4. The summed E-state index contributed by atoms with van der Waals surface area (Å²) in [5, 5.41) is 0. The van der Waals surface area contributed by atoms with E-state index in [1.165, 1.54) is 5.56 Å². The summed E-state index contributed by atoms with van der Waals surface area (Å²) in [6.07, 6.45) is 0.878. The second-order valence-corrected chi connectivity index (χ2v) is 6.82. The summed E-state index contributed by atoms with van der Waals surface area (Å²) in [7, 11) is 0. The van der Waals surface area contributed by atoms with Crippen molar-refractivity contribution in [1.29, 1.82) is 0 Å². The molecular formula is C15H12BrIN2O. The van der Waals surface area contributed by atoms with Gasteiger partial charge in [-0.2, -0.15) is 0 Å². The lowest BCUT2D eigenvalue weighted by atomic mass is 10.1. The lowest BCUT2D eigenvalue weighted by Crippen LogP contribution is -2.29. The van der Waals surface area contributed by atoms with Crippen LogP contribution < -0.4 is 10.6 Å². The predicted octanol–water partition coefficient (Wildman–Crippen LogP) is 3.84. The smallest absolute Gasteiger partial charge is 0.259 e. The molecule has 0 saturated heterocycles. The first kappa shape index (κ1) is 13.9. The van der Waals surface area contributed by atoms with Crippen LogP contribution in [0.3, 0.4) is 0 Å². The van der Waals surface area contributed by atoms with Crippen LogP contribution in [-0.2, 0) is 6.42 Å². The van der Waals surface area contributed by atoms with Gasteiger partial charge in [-0.25, -0.2) is 0 Å². The van der Waals surface area contributed by atoms with Gasteiger partial charge in [-0.3, -0.25) is 4.79 Å². The summed E-state index contributed by atoms with van der Waals surface area (Å²) in [4.78, 5) is 14.6. The van der Waals surface area contributed by atoms with Crippen LogP contribution in [0, 0.1) is 3.57 Å². The highest BCUT2D eigenvalue weighted by Gasteiger charge is 2.26. The number of carbonyl (C=O) groups excluding carboxylic acids is 1. The van der Waals surface area contributed by atoms with Crippen LogP contribution in [0.25, 0.3) is 0 Å². The molecule has 1 amide bonds. The Morgan fingerprint density at radius 3 is 2.85 bits per heavy atom. The molecule has 0 fully saturated rings. The standard InChI is InChI=1S/C15H12BrIN2O/c16-13-4-2-10(17)7-12(13)15(20)19-6-5-9-1-3-11(18)8-14(9)19/h1-4,7-8H,5-6,18H2. The van der Waals surface area contributed by atoms with Gasteiger partial charge < -0.3 is 10.6 Å². The zero-order valence-electron chi connectivity index (χ0n) is 10.6. The average Bonchev–Trinajstić information content (AvgIpc) is 2.83. The zero-order chi connectivity index (χ0) is 14.3. The second kappa shape index (κ2) is 5.37. The number of anilines is 2. The van der Waals surface area contributed by atoms with Crippen molar-refractivity contribution in [3.63, 3.8) is 0 Å². The van der Waals surface area contributed by atoms with E-state index in [0.29, 0.717) is 17.8 Å². The largest absolute Gasteiger partial charge is 0.399 e. The zero-order valence-corrected chi connectivity index (χ0v) is 14.3. The van der Waals surface area contributed by atoms with E-state index >= 15 is 0 Å². The molecular weight excluding hydrogens is 431 g/mol. The Hall–Kier alpha value is -1.08. The molecule has 3 nitrogen and oxygen atoms in total. The van der Waals surface area contributed by atoms with Crippen molar-refractivity contribution in [3.05, 3.63) is 55.6 Å². The van der Waals surface area contributed by atoms with Gasteiger partial charge in [0.05, 0.1) is 5.56 Å². The van der Waals surface area contributed by atoms with E-state index in [-0.39, 0.29) is 5.91 Å². The molecule has 2 aromatic carbocycles. The topological polar surface area (TPSA) is 46.3 Å². The average molecular weight is 443 g/mol. The van der Waals surface area contributed by atoms with Crippen LogP contribution in [-0.4, -0.2) is 12.5 Å². The van der Waals surface area contributed by atoms with Crippen LogP contribution in [0.5, 0.6) is 0 Å². The molecule has 0 unspecified atom stereocenters. The molecule has 0 saturated carbocycles. The monoisotopic (exact) mass is 442 g/mol. The quantitative estimate of drug-likeness (QED) is 0.538. The molecule has 0 aliphatic carbocycles. The van der Waals surface area contributed by atoms with E-state index in [9.17, 15) is 4.79 Å². The molecule has 0 bridgehead atoms. The minimum absolute atomic E-state index is 0.0136. The molecule has 0 spiro atoms. The van der Waals surface area contributed by atoms with Gasteiger partial charge in [0, 0.05) is 26.0 Å². The summed E-state index contributed by atoms with van der Waals surface area (Å²) in [5.74, 6) is 0.0136. The number of rotatable bonds is 1. The van der Waals surface area contributed by atoms with Gasteiger partial charge in [0.2, 0.25) is 0 Å². The van der Waals surface area contributed by atoms with Gasteiger partial charge in [-0.15, -0.1) is 0 Å². The summed E-state index contributed by atoms with van der Waals surface area (Å²) in [6.45, 7) is 0.704. The van der Waals surface area contributed by atoms with E-state index in [1.807, 2.05) is 41.3 Å². The molecule has 1 heterocycles. The van der Waals surface area contributed by atoms with Gasteiger partial charge in [0.15, 0.2) is 0 Å². The molecule has 2 aromatic rings. The van der Waals surface area contributed by atoms with Crippen molar-refractivity contribution >= 4 is 55.8 Å². The summed E-state index contributed by atoms with van der Waals surface area (Å²) in [6, 6.07) is 11.5. The number of benzene rings is 2. The lowest BCUT2D eigenvalue weighted by molar-refractivity contribution is 0.0988. The van der Waals surface area contributed by atoms with Gasteiger partial charge in [-0.1, -0.05) is 6.07 Å². The second-order valence-electron chi connectivity index (χ2n) is 4.72. The van der Waals surface area contributed by atoms with E-state index in [1.54, 1.807) is 0 Å². The number of fused-ring (bicyclic) bond motifs is 1. The van der Waals surface area contributed by atoms with Crippen molar-refractivity contribution in [2.45, 2.75) is 6.42 Å². The van der Waals surface area contributed by atoms with Crippen LogP contribution in [0.1, 0.15) is 15.9 Å². The fourth-order valence-corrected chi connectivity index (χ4v) is 3.32. The Morgan fingerprint density at radius 2 is 2.05 bits per heavy atom. The Morgan fingerprint density at radius 1 is 1.25 bits per heavy atom. The first-order valence-electron chi connectivity index (χ1n) is 6.21. The first-order chi connectivity index (χ1) is 9.56. The Balaban J connectivity index is 2.01.